The summed E-state index contributed by atoms with van der Waals surface area (Å²) >= 11 is 6.31. The van der Waals surface area contributed by atoms with E-state index in [1.54, 1.807) is 23.3 Å². The lowest BCUT2D eigenvalue weighted by atomic mass is 10.1. The molecule has 0 spiro atoms. The van der Waals surface area contributed by atoms with E-state index in [-0.39, 0.29) is 17.3 Å². The lowest BCUT2D eigenvalue weighted by Crippen LogP contribution is -2.40. The zero-order valence-electron chi connectivity index (χ0n) is 19.8. The molecule has 0 atom stereocenters. The lowest BCUT2D eigenvalue weighted by molar-refractivity contribution is 0.546. The Hall–Kier alpha value is -3.72. The number of fused-ring (bicyclic) bond motifs is 2. The number of rotatable bonds is 6. The summed E-state index contributed by atoms with van der Waals surface area (Å²) < 4.78 is 6.90. The molecule has 0 saturated heterocycles. The molecule has 0 N–H and O–H groups in total. The molecular weight excluding hydrogens is 478 g/mol. The summed E-state index contributed by atoms with van der Waals surface area (Å²) in [6.45, 7) is 0.965. The van der Waals surface area contributed by atoms with E-state index in [1.807, 2.05) is 40.6 Å². The third kappa shape index (κ3) is 3.41. The highest BCUT2D eigenvalue weighted by Crippen LogP contribution is 2.35. The van der Waals surface area contributed by atoms with Gasteiger partial charge in [-0.1, -0.05) is 11.6 Å². The average molecular weight is 502 g/mol. The van der Waals surface area contributed by atoms with E-state index in [0.717, 1.165) is 47.8 Å². The number of aryl methyl sites for hydroxylation is 1. The van der Waals surface area contributed by atoms with E-state index in [1.165, 1.54) is 4.57 Å². The summed E-state index contributed by atoms with van der Waals surface area (Å²) in [4.78, 5) is 36.2. The standard InChI is InChI=1S/C26H24ClN7O2/c1-31-14-28-11-21(31)23-22-24(32(12-15-2-3-15)26(36)34(25(22)35)18-5-6-18)30-33(23)13-16-8-9-29-20-7-4-17(27)10-19(16)20/h4,7-11,14-15,18H,2-3,5-6,12-13H2,1H3. The summed E-state index contributed by atoms with van der Waals surface area (Å²) in [5.41, 5.74) is 3.17. The van der Waals surface area contributed by atoms with Gasteiger partial charge in [-0.15, -0.1) is 0 Å². The zero-order chi connectivity index (χ0) is 24.6. The van der Waals surface area contributed by atoms with E-state index in [4.69, 9.17) is 16.7 Å². The molecule has 36 heavy (non-hydrogen) atoms. The van der Waals surface area contributed by atoms with Crippen molar-refractivity contribution in [2.75, 3.05) is 0 Å². The minimum Gasteiger partial charge on any atom is -0.332 e. The fraction of sp³-hybridized carbons (Fsp3) is 0.346. The maximum absolute atomic E-state index is 13.9. The second-order valence-electron chi connectivity index (χ2n) is 9.97. The Balaban J connectivity index is 1.53. The first-order valence-electron chi connectivity index (χ1n) is 12.3. The zero-order valence-corrected chi connectivity index (χ0v) is 20.5. The third-order valence-corrected chi connectivity index (χ3v) is 7.52. The molecule has 5 aromatic rings. The lowest BCUT2D eigenvalue weighted by Gasteiger charge is -2.11. The minimum absolute atomic E-state index is 0.0335. The van der Waals surface area contributed by atoms with Crippen molar-refractivity contribution < 1.29 is 0 Å². The number of hydrogen-bond acceptors (Lipinski definition) is 5. The summed E-state index contributed by atoms with van der Waals surface area (Å²) in [5.74, 6) is 0.452. The molecule has 2 saturated carbocycles. The van der Waals surface area contributed by atoms with Crippen molar-refractivity contribution in [1.82, 2.24) is 33.4 Å². The number of hydrogen-bond donors (Lipinski definition) is 0. The first kappa shape index (κ1) is 21.6. The Kier molecular flexibility index (Phi) is 4.73. The third-order valence-electron chi connectivity index (χ3n) is 7.28. The van der Waals surface area contributed by atoms with Crippen molar-refractivity contribution in [2.45, 2.75) is 44.8 Å². The van der Waals surface area contributed by atoms with Crippen LogP contribution in [0.1, 0.15) is 37.3 Å². The Morgan fingerprint density at radius 2 is 1.94 bits per heavy atom. The normalized spacial score (nSPS) is 15.8. The van der Waals surface area contributed by atoms with Gasteiger partial charge in [-0.3, -0.25) is 23.6 Å². The van der Waals surface area contributed by atoms with Gasteiger partial charge in [0.25, 0.3) is 5.56 Å². The van der Waals surface area contributed by atoms with Gasteiger partial charge >= 0.3 is 5.69 Å². The Morgan fingerprint density at radius 1 is 1.11 bits per heavy atom. The fourth-order valence-electron chi connectivity index (χ4n) is 5.08. The number of imidazole rings is 1. The van der Waals surface area contributed by atoms with Crippen LogP contribution in [0, 0.1) is 5.92 Å². The minimum atomic E-state index is -0.269. The van der Waals surface area contributed by atoms with Gasteiger partial charge in [0, 0.05) is 36.2 Å². The van der Waals surface area contributed by atoms with Crippen LogP contribution in [0.25, 0.3) is 33.3 Å². The SMILES string of the molecule is Cn1cncc1-c1c2c(=O)n(C3CC3)c(=O)n(CC3CC3)c2nn1Cc1ccnc2ccc(Cl)cc12. The van der Waals surface area contributed by atoms with Crippen molar-refractivity contribution in [3.63, 3.8) is 0 Å². The Morgan fingerprint density at radius 3 is 2.67 bits per heavy atom. The second kappa shape index (κ2) is 7.89. The summed E-state index contributed by atoms with van der Waals surface area (Å²) in [7, 11) is 1.90. The molecule has 10 heteroatoms. The maximum atomic E-state index is 13.9. The summed E-state index contributed by atoms with van der Waals surface area (Å²) in [6.07, 6.45) is 9.10. The molecular formula is C26H24ClN7O2. The van der Waals surface area contributed by atoms with E-state index in [9.17, 15) is 9.59 Å². The summed E-state index contributed by atoms with van der Waals surface area (Å²) in [5, 5.41) is 6.95. The maximum Gasteiger partial charge on any atom is 0.332 e. The van der Waals surface area contributed by atoms with Crippen LogP contribution in [0.5, 0.6) is 0 Å². The van der Waals surface area contributed by atoms with Gasteiger partial charge in [-0.25, -0.2) is 9.78 Å². The molecule has 0 aliphatic heterocycles. The topological polar surface area (TPSA) is 92.5 Å². The van der Waals surface area contributed by atoms with Gasteiger partial charge in [-0.05, 0) is 61.4 Å². The molecule has 7 rings (SSSR count). The van der Waals surface area contributed by atoms with Gasteiger partial charge in [0.1, 0.15) is 11.1 Å². The van der Waals surface area contributed by atoms with Crippen LogP contribution in [-0.4, -0.2) is 33.4 Å². The molecule has 2 aliphatic rings. The highest BCUT2D eigenvalue weighted by atomic mass is 35.5. The van der Waals surface area contributed by atoms with Crippen molar-refractivity contribution >= 4 is 33.5 Å². The van der Waals surface area contributed by atoms with Gasteiger partial charge < -0.3 is 4.57 Å². The van der Waals surface area contributed by atoms with E-state index < -0.39 is 0 Å². The molecule has 182 valence electrons. The first-order valence-corrected chi connectivity index (χ1v) is 12.6. The van der Waals surface area contributed by atoms with Gasteiger partial charge in [0.2, 0.25) is 0 Å². The highest BCUT2D eigenvalue weighted by Gasteiger charge is 2.33. The van der Waals surface area contributed by atoms with Crippen LogP contribution in [0.3, 0.4) is 0 Å². The van der Waals surface area contributed by atoms with E-state index >= 15 is 0 Å². The fourth-order valence-corrected chi connectivity index (χ4v) is 5.25. The van der Waals surface area contributed by atoms with Crippen LogP contribution in [0.15, 0.2) is 52.6 Å². The molecule has 2 fully saturated rings. The van der Waals surface area contributed by atoms with Gasteiger partial charge in [0.05, 0.1) is 30.3 Å². The second-order valence-corrected chi connectivity index (χ2v) is 10.4. The van der Waals surface area contributed by atoms with Gasteiger partial charge in [-0.2, -0.15) is 5.10 Å². The summed E-state index contributed by atoms with van der Waals surface area (Å²) in [6, 6.07) is 7.52. The average Bonchev–Trinajstić information content (AvgIpc) is 3.78. The molecule has 4 aromatic heterocycles. The monoisotopic (exact) mass is 501 g/mol. The Labute approximate surface area is 210 Å². The van der Waals surface area contributed by atoms with Crippen LogP contribution in [0.2, 0.25) is 5.02 Å². The smallest absolute Gasteiger partial charge is 0.332 e. The quantitative estimate of drug-likeness (QED) is 0.353. The van der Waals surface area contributed by atoms with Crippen LogP contribution >= 0.6 is 11.6 Å². The number of halogens is 1. The highest BCUT2D eigenvalue weighted by molar-refractivity contribution is 6.31. The van der Waals surface area contributed by atoms with Crippen molar-refractivity contribution in [1.29, 1.82) is 0 Å². The largest absolute Gasteiger partial charge is 0.332 e. The number of pyridine rings is 1. The molecule has 0 radical (unpaired) electrons. The molecule has 0 amide bonds. The predicted octanol–water partition coefficient (Wildman–Crippen LogP) is 3.76. The molecule has 0 bridgehead atoms. The van der Waals surface area contributed by atoms with Crippen LogP contribution in [0.4, 0.5) is 0 Å². The number of nitrogens with zero attached hydrogens (tertiary/aromatic N) is 7. The van der Waals surface area contributed by atoms with Crippen LogP contribution < -0.4 is 11.2 Å². The molecule has 2 aliphatic carbocycles. The van der Waals surface area contributed by atoms with E-state index in [0.29, 0.717) is 40.8 Å². The first-order chi connectivity index (χ1) is 17.5. The van der Waals surface area contributed by atoms with E-state index in [2.05, 4.69) is 9.97 Å². The van der Waals surface area contributed by atoms with Crippen molar-refractivity contribution in [3.05, 3.63) is 74.4 Å². The van der Waals surface area contributed by atoms with Gasteiger partial charge in [0.15, 0.2) is 5.65 Å². The van der Waals surface area contributed by atoms with Crippen molar-refractivity contribution in [3.8, 4) is 11.4 Å². The van der Waals surface area contributed by atoms with Crippen LogP contribution in [-0.2, 0) is 20.1 Å². The Bertz CT molecular complexity index is 1790. The molecule has 4 heterocycles. The number of aromatic nitrogens is 7. The predicted molar refractivity (Wildman–Crippen MR) is 137 cm³/mol. The molecule has 9 nitrogen and oxygen atoms in total. The molecule has 1 aromatic carbocycles. The molecule has 0 unspecified atom stereocenters. The van der Waals surface area contributed by atoms with Crippen molar-refractivity contribution in [2.24, 2.45) is 13.0 Å². The number of benzene rings is 1.